The molecule has 86 valence electrons. The van der Waals surface area contributed by atoms with Crippen molar-refractivity contribution in [2.45, 2.75) is 20.3 Å². The number of carbonyl (C=O) groups is 2. The van der Waals surface area contributed by atoms with E-state index in [2.05, 4.69) is 0 Å². The molecule has 0 spiro atoms. The summed E-state index contributed by atoms with van der Waals surface area (Å²) < 4.78 is 0. The summed E-state index contributed by atoms with van der Waals surface area (Å²) in [6, 6.07) is -0.0382. The van der Waals surface area contributed by atoms with Crippen molar-refractivity contribution in [3.05, 3.63) is 0 Å². The summed E-state index contributed by atoms with van der Waals surface area (Å²) in [5, 5.41) is 8.81. The Morgan fingerprint density at radius 3 is 2.40 bits per heavy atom. The second kappa shape index (κ2) is 5.00. The van der Waals surface area contributed by atoms with Crippen molar-refractivity contribution < 1.29 is 14.7 Å². The molecule has 1 aliphatic rings. The van der Waals surface area contributed by atoms with E-state index in [4.69, 9.17) is 5.11 Å². The third-order valence-electron chi connectivity index (χ3n) is 2.84. The highest BCUT2D eigenvalue weighted by atomic mass is 16.4. The zero-order valence-electron chi connectivity index (χ0n) is 9.27. The lowest BCUT2D eigenvalue weighted by Gasteiger charge is -2.25. The van der Waals surface area contributed by atoms with E-state index < -0.39 is 5.97 Å². The monoisotopic (exact) mass is 214 g/mol. The Bertz CT molecular complexity index is 251. The smallest absolute Gasteiger partial charge is 0.320 e. The largest absolute Gasteiger partial charge is 0.481 e. The van der Waals surface area contributed by atoms with Gasteiger partial charge in [-0.15, -0.1) is 0 Å². The third kappa shape index (κ3) is 2.61. The zero-order valence-corrected chi connectivity index (χ0v) is 9.27. The van der Waals surface area contributed by atoms with Gasteiger partial charge < -0.3 is 14.9 Å². The molecule has 1 N–H and O–H groups in total. The maximum atomic E-state index is 11.8. The van der Waals surface area contributed by atoms with Gasteiger partial charge in [-0.3, -0.25) is 4.79 Å². The molecular weight excluding hydrogens is 196 g/mol. The van der Waals surface area contributed by atoms with Gasteiger partial charge in [-0.2, -0.15) is 0 Å². The van der Waals surface area contributed by atoms with Crippen LogP contribution in [0.2, 0.25) is 0 Å². The van der Waals surface area contributed by atoms with Gasteiger partial charge in [-0.25, -0.2) is 4.79 Å². The van der Waals surface area contributed by atoms with E-state index >= 15 is 0 Å². The summed E-state index contributed by atoms with van der Waals surface area (Å²) in [6.07, 6.45) is 0.572. The Morgan fingerprint density at radius 1 is 1.40 bits per heavy atom. The summed E-state index contributed by atoms with van der Waals surface area (Å²) >= 11 is 0. The first kappa shape index (κ1) is 11.8. The zero-order chi connectivity index (χ0) is 11.4. The molecule has 0 aromatic carbocycles. The van der Waals surface area contributed by atoms with E-state index in [1.165, 1.54) is 0 Å². The van der Waals surface area contributed by atoms with Crippen molar-refractivity contribution in [2.75, 3.05) is 26.2 Å². The maximum absolute atomic E-state index is 11.8. The summed E-state index contributed by atoms with van der Waals surface area (Å²) in [7, 11) is 0. The first-order valence-corrected chi connectivity index (χ1v) is 5.36. The summed E-state index contributed by atoms with van der Waals surface area (Å²) in [4.78, 5) is 25.9. The van der Waals surface area contributed by atoms with Crippen LogP contribution < -0.4 is 0 Å². The Balaban J connectivity index is 2.53. The first-order valence-electron chi connectivity index (χ1n) is 5.36. The van der Waals surface area contributed by atoms with Gasteiger partial charge in [0, 0.05) is 26.2 Å². The van der Waals surface area contributed by atoms with Crippen molar-refractivity contribution >= 4 is 12.0 Å². The molecule has 0 aromatic heterocycles. The van der Waals surface area contributed by atoms with Crippen LogP contribution in [0, 0.1) is 5.92 Å². The highest BCUT2D eigenvalue weighted by molar-refractivity contribution is 5.77. The van der Waals surface area contributed by atoms with Gasteiger partial charge in [0.1, 0.15) is 0 Å². The summed E-state index contributed by atoms with van der Waals surface area (Å²) in [5.74, 6) is -1.19. The SMILES string of the molecule is CCN(CC)C(=O)N1CCC(C(=O)O)C1. The van der Waals surface area contributed by atoms with E-state index in [-0.39, 0.29) is 11.9 Å². The second-order valence-corrected chi connectivity index (χ2v) is 3.72. The molecule has 1 heterocycles. The Morgan fingerprint density at radius 2 is 2.00 bits per heavy atom. The number of likely N-dealkylation sites (tertiary alicyclic amines) is 1. The summed E-state index contributed by atoms with van der Waals surface area (Å²) in [5.41, 5.74) is 0. The minimum absolute atomic E-state index is 0.0382. The number of carboxylic acids is 1. The van der Waals surface area contributed by atoms with Crippen molar-refractivity contribution in [2.24, 2.45) is 5.92 Å². The molecule has 0 radical (unpaired) electrons. The van der Waals surface area contributed by atoms with Gasteiger partial charge in [-0.1, -0.05) is 0 Å². The molecule has 0 bridgehead atoms. The van der Waals surface area contributed by atoms with Gasteiger partial charge in [0.25, 0.3) is 0 Å². The minimum atomic E-state index is -0.801. The van der Waals surface area contributed by atoms with Crippen LogP contribution in [-0.4, -0.2) is 53.1 Å². The van der Waals surface area contributed by atoms with Crippen LogP contribution in [0.5, 0.6) is 0 Å². The van der Waals surface area contributed by atoms with E-state index in [9.17, 15) is 9.59 Å². The number of amides is 2. The molecule has 15 heavy (non-hydrogen) atoms. The number of carboxylic acid groups (broad SMARTS) is 1. The maximum Gasteiger partial charge on any atom is 0.320 e. The standard InChI is InChI=1S/C10H18N2O3/c1-3-11(4-2)10(15)12-6-5-8(7-12)9(13)14/h8H,3-7H2,1-2H3,(H,13,14). The molecule has 5 heteroatoms. The molecule has 1 aliphatic heterocycles. The Kier molecular flexibility index (Phi) is 3.94. The molecule has 5 nitrogen and oxygen atoms in total. The fraction of sp³-hybridized carbons (Fsp3) is 0.800. The quantitative estimate of drug-likeness (QED) is 0.757. The van der Waals surface area contributed by atoms with E-state index in [1.54, 1.807) is 9.80 Å². The average molecular weight is 214 g/mol. The molecule has 1 atom stereocenters. The lowest BCUT2D eigenvalue weighted by Crippen LogP contribution is -2.42. The fourth-order valence-electron chi connectivity index (χ4n) is 1.83. The molecule has 1 fully saturated rings. The van der Waals surface area contributed by atoms with Gasteiger partial charge in [0.05, 0.1) is 5.92 Å². The van der Waals surface area contributed by atoms with E-state index in [0.717, 1.165) is 0 Å². The van der Waals surface area contributed by atoms with Crippen molar-refractivity contribution in [1.29, 1.82) is 0 Å². The van der Waals surface area contributed by atoms with Crippen LogP contribution in [0.15, 0.2) is 0 Å². The summed E-state index contributed by atoms with van der Waals surface area (Å²) in [6.45, 7) is 6.10. The van der Waals surface area contributed by atoms with Crippen LogP contribution in [0.4, 0.5) is 4.79 Å². The second-order valence-electron chi connectivity index (χ2n) is 3.72. The van der Waals surface area contributed by atoms with Crippen LogP contribution in [0.3, 0.4) is 0 Å². The number of hydrogen-bond donors (Lipinski definition) is 1. The van der Waals surface area contributed by atoms with Crippen molar-refractivity contribution in [3.63, 3.8) is 0 Å². The van der Waals surface area contributed by atoms with Gasteiger partial charge >= 0.3 is 12.0 Å². The molecule has 0 aliphatic carbocycles. The Hall–Kier alpha value is -1.26. The predicted octanol–water partition coefficient (Wildman–Crippen LogP) is 0.855. The highest BCUT2D eigenvalue weighted by Gasteiger charge is 2.32. The number of carbonyl (C=O) groups excluding carboxylic acids is 1. The number of nitrogens with zero attached hydrogens (tertiary/aromatic N) is 2. The van der Waals surface area contributed by atoms with Crippen molar-refractivity contribution in [1.82, 2.24) is 9.80 Å². The molecule has 1 unspecified atom stereocenters. The predicted molar refractivity (Wildman–Crippen MR) is 55.6 cm³/mol. The van der Waals surface area contributed by atoms with Crippen LogP contribution in [-0.2, 0) is 4.79 Å². The van der Waals surface area contributed by atoms with Crippen LogP contribution in [0.1, 0.15) is 20.3 Å². The van der Waals surface area contributed by atoms with E-state index in [0.29, 0.717) is 32.6 Å². The van der Waals surface area contributed by atoms with Crippen molar-refractivity contribution in [3.8, 4) is 0 Å². The number of hydrogen-bond acceptors (Lipinski definition) is 2. The van der Waals surface area contributed by atoms with E-state index in [1.807, 2.05) is 13.8 Å². The third-order valence-corrected chi connectivity index (χ3v) is 2.84. The average Bonchev–Trinajstić information content (AvgIpc) is 2.68. The minimum Gasteiger partial charge on any atom is -0.481 e. The molecular formula is C10H18N2O3. The molecule has 0 aromatic rings. The lowest BCUT2D eigenvalue weighted by atomic mass is 10.1. The van der Waals surface area contributed by atoms with Crippen LogP contribution >= 0.6 is 0 Å². The topological polar surface area (TPSA) is 60.9 Å². The van der Waals surface area contributed by atoms with Crippen LogP contribution in [0.25, 0.3) is 0 Å². The number of aliphatic carboxylic acids is 1. The lowest BCUT2D eigenvalue weighted by molar-refractivity contribution is -0.141. The molecule has 1 rings (SSSR count). The fourth-order valence-corrected chi connectivity index (χ4v) is 1.83. The molecule has 0 saturated carbocycles. The number of rotatable bonds is 3. The van der Waals surface area contributed by atoms with Gasteiger partial charge in [0.15, 0.2) is 0 Å². The Labute approximate surface area is 89.7 Å². The first-order chi connectivity index (χ1) is 7.10. The highest BCUT2D eigenvalue weighted by Crippen LogP contribution is 2.17. The van der Waals surface area contributed by atoms with Gasteiger partial charge in [-0.05, 0) is 20.3 Å². The molecule has 1 saturated heterocycles. The van der Waals surface area contributed by atoms with Gasteiger partial charge in [0.2, 0.25) is 0 Å². The molecule has 2 amide bonds. The normalized spacial score (nSPS) is 20.4. The number of urea groups is 1.